The molecule has 0 radical (unpaired) electrons. The van der Waals surface area contributed by atoms with Gasteiger partial charge in [0.25, 0.3) is 0 Å². The van der Waals surface area contributed by atoms with Crippen molar-refractivity contribution < 1.29 is 0 Å². The van der Waals surface area contributed by atoms with Crippen molar-refractivity contribution in [1.82, 2.24) is 10.6 Å². The number of rotatable bonds is 1. The molecule has 4 rings (SSSR count). The molecule has 0 aromatic carbocycles. The van der Waals surface area contributed by atoms with Gasteiger partial charge >= 0.3 is 0 Å². The molecule has 2 unspecified atom stereocenters. The first kappa shape index (κ1) is 8.12. The van der Waals surface area contributed by atoms with Gasteiger partial charge in [-0.05, 0) is 44.9 Å². The predicted molar refractivity (Wildman–Crippen MR) is 56.2 cm³/mol. The Bertz CT molecular complexity index is 229. The smallest absolute Gasteiger partial charge is 0.0254 e. The third-order valence-electron chi connectivity index (χ3n) is 5.67. The van der Waals surface area contributed by atoms with Crippen molar-refractivity contribution >= 4 is 0 Å². The lowest BCUT2D eigenvalue weighted by Gasteiger charge is -2.44. The van der Waals surface area contributed by atoms with E-state index in [1.807, 2.05) is 0 Å². The van der Waals surface area contributed by atoms with Gasteiger partial charge in [0.2, 0.25) is 0 Å². The summed E-state index contributed by atoms with van der Waals surface area (Å²) in [4.78, 5) is 0. The summed E-state index contributed by atoms with van der Waals surface area (Å²) in [5.74, 6) is 0. The van der Waals surface area contributed by atoms with Crippen LogP contribution in [-0.4, -0.2) is 24.2 Å². The van der Waals surface area contributed by atoms with Crippen LogP contribution in [0.3, 0.4) is 0 Å². The molecule has 2 nitrogen and oxygen atoms in total. The molecule has 1 aliphatic carbocycles. The van der Waals surface area contributed by atoms with Crippen LogP contribution in [0.25, 0.3) is 0 Å². The Hall–Kier alpha value is -0.0800. The Morgan fingerprint density at radius 3 is 2.14 bits per heavy atom. The molecule has 3 saturated heterocycles. The SMILES string of the molecule is C1CC2(C34CCC(CC3)N4)CNC1C2. The second-order valence-corrected chi connectivity index (χ2v) is 6.10. The largest absolute Gasteiger partial charge is 0.313 e. The summed E-state index contributed by atoms with van der Waals surface area (Å²) >= 11 is 0. The van der Waals surface area contributed by atoms with E-state index >= 15 is 0 Å². The molecule has 2 heteroatoms. The van der Waals surface area contributed by atoms with Crippen LogP contribution in [-0.2, 0) is 0 Å². The number of piperidine rings is 1. The van der Waals surface area contributed by atoms with Gasteiger partial charge in [-0.1, -0.05) is 0 Å². The Kier molecular flexibility index (Phi) is 1.37. The summed E-state index contributed by atoms with van der Waals surface area (Å²) in [5.41, 5.74) is 1.22. The third kappa shape index (κ3) is 0.772. The molecule has 4 aliphatic rings. The van der Waals surface area contributed by atoms with E-state index in [1.54, 1.807) is 0 Å². The van der Waals surface area contributed by atoms with Crippen molar-refractivity contribution in [2.75, 3.05) is 6.54 Å². The fourth-order valence-electron chi connectivity index (χ4n) is 4.88. The molecule has 2 atom stereocenters. The van der Waals surface area contributed by atoms with Gasteiger partial charge in [0, 0.05) is 29.6 Å². The van der Waals surface area contributed by atoms with E-state index in [1.165, 1.54) is 51.5 Å². The van der Waals surface area contributed by atoms with Gasteiger partial charge < -0.3 is 10.6 Å². The van der Waals surface area contributed by atoms with Gasteiger partial charge in [0.15, 0.2) is 0 Å². The highest BCUT2D eigenvalue weighted by Crippen LogP contribution is 2.58. The normalized spacial score (nSPS) is 60.0. The van der Waals surface area contributed by atoms with Crippen LogP contribution in [0.2, 0.25) is 0 Å². The lowest BCUT2D eigenvalue weighted by molar-refractivity contribution is 0.125. The van der Waals surface area contributed by atoms with Gasteiger partial charge in [0.1, 0.15) is 0 Å². The highest BCUT2D eigenvalue weighted by Gasteiger charge is 2.61. The van der Waals surface area contributed by atoms with Gasteiger partial charge in [-0.3, -0.25) is 0 Å². The Labute approximate surface area is 85.8 Å². The van der Waals surface area contributed by atoms with Crippen LogP contribution in [0, 0.1) is 5.41 Å². The monoisotopic (exact) mass is 192 g/mol. The molecule has 14 heavy (non-hydrogen) atoms. The Morgan fingerprint density at radius 2 is 1.71 bits per heavy atom. The molecular weight excluding hydrogens is 172 g/mol. The number of nitrogens with one attached hydrogen (secondary N) is 2. The number of fused-ring (bicyclic) bond motifs is 5. The van der Waals surface area contributed by atoms with Crippen LogP contribution in [0.5, 0.6) is 0 Å². The second kappa shape index (κ2) is 2.35. The third-order valence-corrected chi connectivity index (χ3v) is 5.67. The highest BCUT2D eigenvalue weighted by atomic mass is 15.1. The first-order valence-electron chi connectivity index (χ1n) is 6.33. The quantitative estimate of drug-likeness (QED) is 0.656. The molecule has 3 heterocycles. The van der Waals surface area contributed by atoms with Crippen molar-refractivity contribution in [2.24, 2.45) is 5.41 Å². The minimum absolute atomic E-state index is 0.565. The van der Waals surface area contributed by atoms with E-state index in [2.05, 4.69) is 10.6 Å². The maximum absolute atomic E-state index is 3.96. The lowest BCUT2D eigenvalue weighted by Crippen LogP contribution is -2.54. The minimum atomic E-state index is 0.565. The standard InChI is InChI=1S/C12H20N2/c1-4-11(7-10(1)13-8-11)12-5-2-9(14-12)3-6-12/h9-10,13-14H,1-8H2. The average Bonchev–Trinajstić information content (AvgIpc) is 2.98. The summed E-state index contributed by atoms with van der Waals surface area (Å²) in [6.07, 6.45) is 10.2. The van der Waals surface area contributed by atoms with E-state index < -0.39 is 0 Å². The van der Waals surface area contributed by atoms with E-state index in [0.717, 1.165) is 12.1 Å². The lowest BCUT2D eigenvalue weighted by atomic mass is 9.65. The van der Waals surface area contributed by atoms with E-state index in [0.29, 0.717) is 11.0 Å². The van der Waals surface area contributed by atoms with Crippen LogP contribution in [0.1, 0.15) is 44.9 Å². The number of hydrogen-bond donors (Lipinski definition) is 2. The summed E-state index contributed by atoms with van der Waals surface area (Å²) in [6.45, 7) is 1.30. The van der Waals surface area contributed by atoms with E-state index in [-0.39, 0.29) is 0 Å². The van der Waals surface area contributed by atoms with Gasteiger partial charge in [-0.25, -0.2) is 0 Å². The van der Waals surface area contributed by atoms with E-state index in [9.17, 15) is 0 Å². The summed E-state index contributed by atoms with van der Waals surface area (Å²) in [6, 6.07) is 1.75. The Morgan fingerprint density at radius 1 is 0.929 bits per heavy atom. The van der Waals surface area contributed by atoms with Crippen LogP contribution < -0.4 is 10.6 Å². The van der Waals surface area contributed by atoms with Crippen molar-refractivity contribution in [3.05, 3.63) is 0 Å². The zero-order chi connectivity index (χ0) is 9.23. The molecule has 0 aromatic heterocycles. The molecule has 4 fully saturated rings. The Balaban J connectivity index is 1.73. The zero-order valence-electron chi connectivity index (χ0n) is 8.81. The van der Waals surface area contributed by atoms with Crippen LogP contribution >= 0.6 is 0 Å². The summed E-state index contributed by atoms with van der Waals surface area (Å²) < 4.78 is 0. The summed E-state index contributed by atoms with van der Waals surface area (Å²) in [5, 5.41) is 7.67. The molecule has 0 amide bonds. The average molecular weight is 192 g/mol. The maximum atomic E-state index is 3.96. The predicted octanol–water partition coefficient (Wildman–Crippen LogP) is 1.41. The fraction of sp³-hybridized carbons (Fsp3) is 1.00. The second-order valence-electron chi connectivity index (χ2n) is 6.10. The van der Waals surface area contributed by atoms with Crippen molar-refractivity contribution in [3.8, 4) is 0 Å². The van der Waals surface area contributed by atoms with Crippen molar-refractivity contribution in [2.45, 2.75) is 62.6 Å². The molecule has 0 spiro atoms. The fourth-order valence-corrected chi connectivity index (χ4v) is 4.88. The number of hydrogen-bond acceptors (Lipinski definition) is 2. The zero-order valence-corrected chi connectivity index (χ0v) is 8.81. The molecule has 3 aliphatic heterocycles. The first-order chi connectivity index (χ1) is 6.82. The van der Waals surface area contributed by atoms with Crippen LogP contribution in [0.15, 0.2) is 0 Å². The van der Waals surface area contributed by atoms with Crippen LogP contribution in [0.4, 0.5) is 0 Å². The maximum Gasteiger partial charge on any atom is 0.0254 e. The van der Waals surface area contributed by atoms with E-state index in [4.69, 9.17) is 0 Å². The molecule has 2 N–H and O–H groups in total. The topological polar surface area (TPSA) is 24.1 Å². The molecule has 4 bridgehead atoms. The minimum Gasteiger partial charge on any atom is -0.313 e. The van der Waals surface area contributed by atoms with Gasteiger partial charge in [-0.2, -0.15) is 0 Å². The van der Waals surface area contributed by atoms with Gasteiger partial charge in [0.05, 0.1) is 0 Å². The summed E-state index contributed by atoms with van der Waals surface area (Å²) in [7, 11) is 0. The van der Waals surface area contributed by atoms with Crippen molar-refractivity contribution in [3.63, 3.8) is 0 Å². The molecular formula is C12H20N2. The molecule has 0 aromatic rings. The highest BCUT2D eigenvalue weighted by molar-refractivity contribution is 5.19. The molecule has 78 valence electrons. The molecule has 1 saturated carbocycles. The first-order valence-corrected chi connectivity index (χ1v) is 6.33. The van der Waals surface area contributed by atoms with Crippen molar-refractivity contribution in [1.29, 1.82) is 0 Å². The van der Waals surface area contributed by atoms with Gasteiger partial charge in [-0.15, -0.1) is 0 Å².